The Bertz CT molecular complexity index is 629. The van der Waals surface area contributed by atoms with Crippen molar-refractivity contribution in [3.05, 3.63) is 35.6 Å². The van der Waals surface area contributed by atoms with Crippen molar-refractivity contribution < 1.29 is 18.7 Å². The molecule has 0 bridgehead atoms. The van der Waals surface area contributed by atoms with Crippen molar-refractivity contribution in [3.63, 3.8) is 0 Å². The van der Waals surface area contributed by atoms with Gasteiger partial charge in [-0.25, -0.2) is 4.39 Å². The van der Waals surface area contributed by atoms with Crippen molar-refractivity contribution in [3.8, 4) is 0 Å². The van der Waals surface area contributed by atoms with Crippen LogP contribution in [-0.2, 0) is 20.9 Å². The highest BCUT2D eigenvalue weighted by Crippen LogP contribution is 2.18. The van der Waals surface area contributed by atoms with Gasteiger partial charge in [0.25, 0.3) is 0 Å². The summed E-state index contributed by atoms with van der Waals surface area (Å²) in [5.41, 5.74) is 0.930. The Morgan fingerprint density at radius 3 is 2.58 bits per heavy atom. The van der Waals surface area contributed by atoms with Crippen LogP contribution in [0.1, 0.15) is 24.8 Å². The quantitative estimate of drug-likeness (QED) is 0.853. The van der Waals surface area contributed by atoms with Crippen LogP contribution in [0.15, 0.2) is 24.3 Å². The SMILES string of the molecule is COC1CCN(C(=O)C[C@H]2C(=O)NCCN2Cc2ccc(F)cc2)CC1. The summed E-state index contributed by atoms with van der Waals surface area (Å²) < 4.78 is 18.4. The number of nitrogens with zero attached hydrogens (tertiary/aromatic N) is 2. The summed E-state index contributed by atoms with van der Waals surface area (Å²) in [6.45, 7) is 3.10. The first kappa shape index (κ1) is 18.8. The molecule has 1 N–H and O–H groups in total. The molecule has 1 aromatic carbocycles. The molecule has 6 nitrogen and oxygen atoms in total. The number of halogens is 1. The standard InChI is InChI=1S/C19H26FN3O3/c1-26-16-6-9-22(10-7-16)18(24)12-17-19(25)21-8-11-23(17)13-14-2-4-15(20)5-3-14/h2-5,16-17H,6-13H2,1H3,(H,21,25)/t17-/m0/s1. The Morgan fingerprint density at radius 2 is 1.92 bits per heavy atom. The van der Waals surface area contributed by atoms with E-state index >= 15 is 0 Å². The summed E-state index contributed by atoms with van der Waals surface area (Å²) in [7, 11) is 1.70. The first-order valence-corrected chi connectivity index (χ1v) is 9.13. The van der Waals surface area contributed by atoms with Gasteiger partial charge in [-0.15, -0.1) is 0 Å². The molecule has 0 aromatic heterocycles. The molecule has 2 saturated heterocycles. The van der Waals surface area contributed by atoms with E-state index in [0.717, 1.165) is 18.4 Å². The number of piperazine rings is 1. The predicted octanol–water partition coefficient (Wildman–Crippen LogP) is 1.15. The van der Waals surface area contributed by atoms with Crippen LogP contribution >= 0.6 is 0 Å². The number of hydrogen-bond acceptors (Lipinski definition) is 4. The van der Waals surface area contributed by atoms with Crippen LogP contribution in [-0.4, -0.2) is 67.0 Å². The van der Waals surface area contributed by atoms with Crippen molar-refractivity contribution in [2.24, 2.45) is 0 Å². The summed E-state index contributed by atoms with van der Waals surface area (Å²) in [5.74, 6) is -0.388. The number of rotatable bonds is 5. The Morgan fingerprint density at radius 1 is 1.23 bits per heavy atom. The van der Waals surface area contributed by atoms with Gasteiger partial charge in [-0.3, -0.25) is 14.5 Å². The molecule has 142 valence electrons. The first-order chi connectivity index (χ1) is 12.6. The highest BCUT2D eigenvalue weighted by molar-refractivity contribution is 5.88. The molecule has 0 saturated carbocycles. The Labute approximate surface area is 153 Å². The van der Waals surface area contributed by atoms with Crippen molar-refractivity contribution >= 4 is 11.8 Å². The molecule has 3 rings (SSSR count). The lowest BCUT2D eigenvalue weighted by Gasteiger charge is -2.37. The fourth-order valence-corrected chi connectivity index (χ4v) is 3.63. The van der Waals surface area contributed by atoms with Gasteiger partial charge in [-0.2, -0.15) is 0 Å². The molecular weight excluding hydrogens is 337 g/mol. The molecule has 1 aromatic rings. The molecule has 7 heteroatoms. The molecule has 2 amide bonds. The van der Waals surface area contributed by atoms with Crippen molar-refractivity contribution in [2.75, 3.05) is 33.3 Å². The lowest BCUT2D eigenvalue weighted by Crippen LogP contribution is -2.56. The van der Waals surface area contributed by atoms with Gasteiger partial charge in [0, 0.05) is 39.8 Å². The topological polar surface area (TPSA) is 61.9 Å². The number of carbonyl (C=O) groups is 2. The minimum absolute atomic E-state index is 0.00529. The lowest BCUT2D eigenvalue weighted by atomic mass is 10.0. The third-order valence-electron chi connectivity index (χ3n) is 5.24. The maximum Gasteiger partial charge on any atom is 0.237 e. The fourth-order valence-electron chi connectivity index (χ4n) is 3.63. The largest absolute Gasteiger partial charge is 0.381 e. The summed E-state index contributed by atoms with van der Waals surface area (Å²) in [6.07, 6.45) is 2.05. The van der Waals surface area contributed by atoms with Gasteiger partial charge in [0.1, 0.15) is 5.82 Å². The lowest BCUT2D eigenvalue weighted by molar-refractivity contribution is -0.140. The van der Waals surface area contributed by atoms with E-state index in [-0.39, 0.29) is 30.2 Å². The zero-order valence-electron chi connectivity index (χ0n) is 15.1. The molecule has 2 aliphatic rings. The third kappa shape index (κ3) is 4.59. The second kappa shape index (κ2) is 8.60. The Kier molecular flexibility index (Phi) is 6.21. The monoisotopic (exact) mass is 363 g/mol. The van der Waals surface area contributed by atoms with Crippen molar-refractivity contribution in [2.45, 2.75) is 38.0 Å². The predicted molar refractivity (Wildman–Crippen MR) is 94.8 cm³/mol. The van der Waals surface area contributed by atoms with Gasteiger partial charge in [-0.1, -0.05) is 12.1 Å². The van der Waals surface area contributed by atoms with Gasteiger partial charge >= 0.3 is 0 Å². The summed E-state index contributed by atoms with van der Waals surface area (Å²) in [6, 6.07) is 5.78. The van der Waals surface area contributed by atoms with Crippen LogP contribution in [0.4, 0.5) is 4.39 Å². The number of benzene rings is 1. The van der Waals surface area contributed by atoms with E-state index in [4.69, 9.17) is 4.74 Å². The van der Waals surface area contributed by atoms with E-state index in [1.54, 1.807) is 19.2 Å². The molecule has 0 unspecified atom stereocenters. The number of carbonyl (C=O) groups excluding carboxylic acids is 2. The van der Waals surface area contributed by atoms with E-state index in [9.17, 15) is 14.0 Å². The summed E-state index contributed by atoms with van der Waals surface area (Å²) in [5, 5.41) is 2.85. The van der Waals surface area contributed by atoms with Crippen LogP contribution in [0.5, 0.6) is 0 Å². The molecule has 26 heavy (non-hydrogen) atoms. The van der Waals surface area contributed by atoms with Gasteiger partial charge in [0.2, 0.25) is 11.8 Å². The molecule has 1 atom stereocenters. The smallest absolute Gasteiger partial charge is 0.237 e. The maximum absolute atomic E-state index is 13.1. The number of likely N-dealkylation sites (tertiary alicyclic amines) is 1. The third-order valence-corrected chi connectivity index (χ3v) is 5.24. The van der Waals surface area contributed by atoms with E-state index in [1.165, 1.54) is 12.1 Å². The van der Waals surface area contributed by atoms with Crippen LogP contribution < -0.4 is 5.32 Å². The van der Waals surface area contributed by atoms with E-state index in [0.29, 0.717) is 32.7 Å². The highest BCUT2D eigenvalue weighted by atomic mass is 19.1. The van der Waals surface area contributed by atoms with E-state index in [1.807, 2.05) is 9.80 Å². The number of hydrogen-bond donors (Lipinski definition) is 1. The second-order valence-electron chi connectivity index (χ2n) is 6.92. The first-order valence-electron chi connectivity index (χ1n) is 9.13. The Hall–Kier alpha value is -1.99. The van der Waals surface area contributed by atoms with Crippen LogP contribution in [0.3, 0.4) is 0 Å². The van der Waals surface area contributed by atoms with Crippen LogP contribution in [0.2, 0.25) is 0 Å². The van der Waals surface area contributed by atoms with E-state index in [2.05, 4.69) is 5.32 Å². The fraction of sp³-hybridized carbons (Fsp3) is 0.579. The molecule has 2 aliphatic heterocycles. The minimum Gasteiger partial charge on any atom is -0.381 e. The Balaban J connectivity index is 1.62. The van der Waals surface area contributed by atoms with Gasteiger partial charge < -0.3 is 15.0 Å². The number of methoxy groups -OCH3 is 1. The zero-order chi connectivity index (χ0) is 18.5. The van der Waals surface area contributed by atoms with Gasteiger partial charge in [0.15, 0.2) is 0 Å². The number of nitrogens with one attached hydrogen (secondary N) is 1. The van der Waals surface area contributed by atoms with Gasteiger partial charge in [-0.05, 0) is 30.5 Å². The van der Waals surface area contributed by atoms with Crippen molar-refractivity contribution in [1.82, 2.24) is 15.1 Å². The van der Waals surface area contributed by atoms with Crippen LogP contribution in [0.25, 0.3) is 0 Å². The van der Waals surface area contributed by atoms with Gasteiger partial charge in [0.05, 0.1) is 18.6 Å². The maximum atomic E-state index is 13.1. The average molecular weight is 363 g/mol. The highest BCUT2D eigenvalue weighted by Gasteiger charge is 2.33. The molecule has 0 radical (unpaired) electrons. The molecular formula is C19H26FN3O3. The molecule has 2 heterocycles. The number of piperidine rings is 1. The molecule has 0 spiro atoms. The minimum atomic E-state index is -0.485. The van der Waals surface area contributed by atoms with Crippen molar-refractivity contribution in [1.29, 1.82) is 0 Å². The molecule has 0 aliphatic carbocycles. The zero-order valence-corrected chi connectivity index (χ0v) is 15.1. The number of ether oxygens (including phenoxy) is 1. The van der Waals surface area contributed by atoms with Crippen LogP contribution in [0, 0.1) is 5.82 Å². The van der Waals surface area contributed by atoms with E-state index < -0.39 is 6.04 Å². The molecule has 2 fully saturated rings. The summed E-state index contributed by atoms with van der Waals surface area (Å²) >= 11 is 0. The summed E-state index contributed by atoms with van der Waals surface area (Å²) in [4.78, 5) is 28.9. The normalized spacial score (nSPS) is 22.3. The average Bonchev–Trinajstić information content (AvgIpc) is 2.66. The number of amides is 2. The second-order valence-corrected chi connectivity index (χ2v) is 6.92.